The van der Waals surface area contributed by atoms with Crippen LogP contribution in [0.1, 0.15) is 66.2 Å². The molecule has 3 rings (SSSR count). The summed E-state index contributed by atoms with van der Waals surface area (Å²) in [5.74, 6) is 2.07. The molecule has 23 heavy (non-hydrogen) atoms. The molecule has 0 radical (unpaired) electrons. The summed E-state index contributed by atoms with van der Waals surface area (Å²) in [6.07, 6.45) is 12.4. The van der Waals surface area contributed by atoms with Crippen molar-refractivity contribution in [3.05, 3.63) is 28.6 Å². The van der Waals surface area contributed by atoms with Gasteiger partial charge >= 0.3 is 0 Å². The molecule has 5 atom stereocenters. The zero-order valence-corrected chi connectivity index (χ0v) is 15.7. The maximum absolute atomic E-state index is 6.11. The molecule has 1 heterocycles. The lowest BCUT2D eigenvalue weighted by Crippen LogP contribution is -2.50. The van der Waals surface area contributed by atoms with Gasteiger partial charge in [-0.25, -0.2) is 0 Å². The Hall–Kier alpha value is -0.600. The first-order valence-electron chi connectivity index (χ1n) is 9.46. The van der Waals surface area contributed by atoms with Gasteiger partial charge in [-0.1, -0.05) is 36.6 Å². The third kappa shape index (κ3) is 3.30. The fourth-order valence-corrected chi connectivity index (χ4v) is 5.18. The second kappa shape index (κ2) is 6.37. The largest absolute Gasteiger partial charge is 0.659 e. The molecule has 1 saturated carbocycles. The van der Waals surface area contributed by atoms with Crippen molar-refractivity contribution in [2.45, 2.75) is 77.4 Å². The van der Waals surface area contributed by atoms with Gasteiger partial charge in [0, 0.05) is 0 Å². The normalized spacial score (nSPS) is 42.7. The van der Waals surface area contributed by atoms with Crippen LogP contribution in [0.25, 0.3) is 5.32 Å². The lowest BCUT2D eigenvalue weighted by molar-refractivity contribution is 0.0493. The predicted molar refractivity (Wildman–Crippen MR) is 97.7 cm³/mol. The van der Waals surface area contributed by atoms with Crippen LogP contribution in [0.3, 0.4) is 0 Å². The molecule has 2 heteroatoms. The fraction of sp³-hybridized carbons (Fsp3) is 0.810. The molecule has 1 aliphatic heterocycles. The number of rotatable bonds is 5. The Morgan fingerprint density at radius 2 is 2.09 bits per heavy atom. The van der Waals surface area contributed by atoms with Crippen LogP contribution in [0.2, 0.25) is 0 Å². The van der Waals surface area contributed by atoms with E-state index < -0.39 is 0 Å². The van der Waals surface area contributed by atoms with Crippen LogP contribution in [-0.4, -0.2) is 24.8 Å². The van der Waals surface area contributed by atoms with E-state index in [0.29, 0.717) is 17.8 Å². The molecule has 0 amide bonds. The summed E-state index contributed by atoms with van der Waals surface area (Å²) < 4.78 is 6.11. The maximum Gasteiger partial charge on any atom is 0.0953 e. The highest BCUT2D eigenvalue weighted by Crippen LogP contribution is 2.57. The van der Waals surface area contributed by atoms with Gasteiger partial charge in [-0.2, -0.15) is 7.05 Å². The van der Waals surface area contributed by atoms with Crippen molar-refractivity contribution in [2.24, 2.45) is 17.8 Å². The van der Waals surface area contributed by atoms with E-state index in [4.69, 9.17) is 10.1 Å². The van der Waals surface area contributed by atoms with Crippen LogP contribution < -0.4 is 0 Å². The van der Waals surface area contributed by atoms with Crippen LogP contribution in [0.4, 0.5) is 0 Å². The lowest BCUT2D eigenvalue weighted by atomic mass is 9.56. The number of epoxide rings is 1. The predicted octanol–water partition coefficient (Wildman–Crippen LogP) is 5.65. The van der Waals surface area contributed by atoms with Crippen molar-refractivity contribution in [3.63, 3.8) is 0 Å². The number of nitrogens with zero attached hydrogens (tertiary/aromatic N) is 1. The van der Waals surface area contributed by atoms with Gasteiger partial charge in [-0.3, -0.25) is 0 Å². The summed E-state index contributed by atoms with van der Waals surface area (Å²) in [5, 5.41) is 4.83. The van der Waals surface area contributed by atoms with E-state index in [-0.39, 0.29) is 11.1 Å². The first kappa shape index (κ1) is 17.2. The van der Waals surface area contributed by atoms with Gasteiger partial charge in [0.2, 0.25) is 0 Å². The molecule has 2 aliphatic carbocycles. The van der Waals surface area contributed by atoms with Gasteiger partial charge in [0.25, 0.3) is 0 Å². The molecule has 0 bridgehead atoms. The number of hydrogen-bond acceptors (Lipinski definition) is 1. The van der Waals surface area contributed by atoms with Gasteiger partial charge in [0.05, 0.1) is 12.2 Å². The van der Waals surface area contributed by atoms with Crippen LogP contribution in [0, 0.1) is 17.8 Å². The molecule has 1 saturated heterocycles. The minimum Gasteiger partial charge on any atom is -0.659 e. The minimum absolute atomic E-state index is 0.165. The van der Waals surface area contributed by atoms with Crippen LogP contribution in [0.15, 0.2) is 23.3 Å². The smallest absolute Gasteiger partial charge is 0.0953 e. The Morgan fingerprint density at radius 1 is 1.35 bits per heavy atom. The summed E-state index contributed by atoms with van der Waals surface area (Å²) in [7, 11) is 2.03. The lowest BCUT2D eigenvalue weighted by Gasteiger charge is -2.59. The monoisotopic (exact) mass is 316 g/mol. The van der Waals surface area contributed by atoms with Gasteiger partial charge in [0.1, 0.15) is 0 Å². The fourth-order valence-electron chi connectivity index (χ4n) is 5.18. The van der Waals surface area contributed by atoms with E-state index in [1.54, 1.807) is 5.57 Å². The highest BCUT2D eigenvalue weighted by atomic mass is 16.6. The molecule has 5 unspecified atom stereocenters. The first-order valence-corrected chi connectivity index (χ1v) is 9.46. The zero-order valence-electron chi connectivity index (χ0n) is 15.7. The van der Waals surface area contributed by atoms with E-state index in [1.165, 1.54) is 37.7 Å². The molecule has 0 aromatic rings. The van der Waals surface area contributed by atoms with Crippen molar-refractivity contribution in [1.29, 1.82) is 0 Å². The Labute approximate surface area is 142 Å². The van der Waals surface area contributed by atoms with Gasteiger partial charge in [-0.05, 0) is 70.6 Å². The van der Waals surface area contributed by atoms with Gasteiger partial charge < -0.3 is 10.1 Å². The quantitative estimate of drug-likeness (QED) is 0.476. The molecule has 3 aliphatic rings. The van der Waals surface area contributed by atoms with Gasteiger partial charge in [-0.15, -0.1) is 5.54 Å². The Bertz CT molecular complexity index is 498. The highest BCUT2D eigenvalue weighted by molar-refractivity contribution is 5.22. The van der Waals surface area contributed by atoms with E-state index in [2.05, 4.69) is 39.8 Å². The summed E-state index contributed by atoms with van der Waals surface area (Å²) in [4.78, 5) is 0. The summed E-state index contributed by atoms with van der Waals surface area (Å²) in [6, 6.07) is 0. The van der Waals surface area contributed by atoms with E-state index in [0.717, 1.165) is 13.0 Å². The summed E-state index contributed by atoms with van der Waals surface area (Å²) in [5.41, 5.74) is 3.34. The molecular formula is C21H34NO-. The Morgan fingerprint density at radius 3 is 2.70 bits per heavy atom. The van der Waals surface area contributed by atoms with Gasteiger partial charge in [0.15, 0.2) is 0 Å². The molecule has 0 aromatic carbocycles. The standard InChI is InChI=1S/C21H34NO/c1-15(2)7-6-11-21(14-23-21)19-10-12-20(4,22-5)18-9-8-16(3)13-17(18)19/h7,13,17-19H,6,8-12,14H2,1-5H3/q-1. The number of fused-ring (bicyclic) bond motifs is 1. The average Bonchev–Trinajstić information content (AvgIpc) is 3.27. The number of hydrogen-bond donors (Lipinski definition) is 0. The zero-order chi connectivity index (χ0) is 16.7. The van der Waals surface area contributed by atoms with Crippen molar-refractivity contribution < 1.29 is 4.74 Å². The van der Waals surface area contributed by atoms with Crippen LogP contribution in [0.5, 0.6) is 0 Å². The van der Waals surface area contributed by atoms with Crippen molar-refractivity contribution in [3.8, 4) is 0 Å². The molecule has 0 aromatic heterocycles. The third-order valence-corrected chi connectivity index (χ3v) is 6.84. The molecule has 2 fully saturated rings. The van der Waals surface area contributed by atoms with Crippen molar-refractivity contribution in [2.75, 3.05) is 13.7 Å². The summed E-state index contributed by atoms with van der Waals surface area (Å²) >= 11 is 0. The molecule has 2 nitrogen and oxygen atoms in total. The van der Waals surface area contributed by atoms with E-state index in [1.807, 2.05) is 7.05 Å². The first-order chi connectivity index (χ1) is 10.9. The van der Waals surface area contributed by atoms with E-state index >= 15 is 0 Å². The average molecular weight is 317 g/mol. The highest BCUT2D eigenvalue weighted by Gasteiger charge is 2.56. The van der Waals surface area contributed by atoms with E-state index in [9.17, 15) is 0 Å². The van der Waals surface area contributed by atoms with Crippen LogP contribution in [-0.2, 0) is 4.74 Å². The van der Waals surface area contributed by atoms with Crippen molar-refractivity contribution in [1.82, 2.24) is 0 Å². The summed E-state index contributed by atoms with van der Waals surface area (Å²) in [6.45, 7) is 10.1. The number of allylic oxidation sites excluding steroid dienone is 4. The third-order valence-electron chi connectivity index (χ3n) is 6.84. The second-order valence-corrected chi connectivity index (χ2v) is 8.64. The topological polar surface area (TPSA) is 26.6 Å². The molecule has 130 valence electrons. The Balaban J connectivity index is 1.80. The molecule has 0 N–H and O–H groups in total. The second-order valence-electron chi connectivity index (χ2n) is 8.64. The maximum atomic E-state index is 6.11. The SMILES string of the molecule is C[N-]C1(C)CCC(C2(CCC=C(C)C)CO2)C2C=C(C)CCC21. The minimum atomic E-state index is 0.165. The van der Waals surface area contributed by atoms with Crippen LogP contribution >= 0.6 is 0 Å². The van der Waals surface area contributed by atoms with Crippen molar-refractivity contribution >= 4 is 0 Å². The molecular weight excluding hydrogens is 282 g/mol. The molecule has 0 spiro atoms. The number of ether oxygens (including phenoxy) is 1. The Kier molecular flexibility index (Phi) is 4.77.